The van der Waals surface area contributed by atoms with Crippen molar-refractivity contribution in [1.29, 1.82) is 0 Å². The van der Waals surface area contributed by atoms with Crippen molar-refractivity contribution in [3.05, 3.63) is 24.0 Å². The molecule has 3 rings (SSSR count). The molecule has 110 valence electrons. The average Bonchev–Trinajstić information content (AvgIpc) is 3.08. The van der Waals surface area contributed by atoms with Crippen LogP contribution in [0.15, 0.2) is 18.5 Å². The summed E-state index contributed by atoms with van der Waals surface area (Å²) >= 11 is 0. The second-order valence-corrected chi connectivity index (χ2v) is 6.60. The molecule has 0 aromatic carbocycles. The van der Waals surface area contributed by atoms with E-state index < -0.39 is 0 Å². The van der Waals surface area contributed by atoms with Crippen molar-refractivity contribution < 1.29 is 0 Å². The predicted molar refractivity (Wildman–Crippen MR) is 83.8 cm³/mol. The van der Waals surface area contributed by atoms with Crippen LogP contribution in [-0.2, 0) is 6.54 Å². The van der Waals surface area contributed by atoms with Gasteiger partial charge in [0, 0.05) is 43.8 Å². The van der Waals surface area contributed by atoms with Gasteiger partial charge in [0.15, 0.2) is 0 Å². The van der Waals surface area contributed by atoms with E-state index in [-0.39, 0.29) is 0 Å². The van der Waals surface area contributed by atoms with Crippen molar-refractivity contribution in [2.75, 3.05) is 25.0 Å². The van der Waals surface area contributed by atoms with Gasteiger partial charge in [0.05, 0.1) is 0 Å². The van der Waals surface area contributed by atoms with E-state index in [1.165, 1.54) is 43.5 Å². The van der Waals surface area contributed by atoms with Crippen molar-refractivity contribution >= 4 is 5.69 Å². The Labute approximate surface area is 122 Å². The molecule has 2 bridgehead atoms. The summed E-state index contributed by atoms with van der Waals surface area (Å²) in [6, 6.07) is 2.17. The molecule has 20 heavy (non-hydrogen) atoms. The zero-order valence-corrected chi connectivity index (χ0v) is 12.8. The fraction of sp³-hybridized carbons (Fsp3) is 0.706. The fourth-order valence-electron chi connectivity index (χ4n) is 4.24. The Hall–Kier alpha value is -1.09. The topological polar surface area (TPSA) is 28.2 Å². The van der Waals surface area contributed by atoms with E-state index in [4.69, 9.17) is 0 Å². The molecule has 3 nitrogen and oxygen atoms in total. The minimum Gasteiger partial charge on any atom is -0.374 e. The Bertz CT molecular complexity index is 446. The molecule has 2 aliphatic carbocycles. The predicted octanol–water partition coefficient (Wildman–Crippen LogP) is 3.06. The van der Waals surface area contributed by atoms with E-state index >= 15 is 0 Å². The van der Waals surface area contributed by atoms with Gasteiger partial charge < -0.3 is 10.2 Å². The molecule has 0 amide bonds. The van der Waals surface area contributed by atoms with Crippen LogP contribution in [-0.4, -0.2) is 25.1 Å². The standard InChI is InChI=1S/C17H27N3/c1-3-18-10-16-11-19-7-6-17(16)20(2)12-15-9-13-4-5-14(15)8-13/h6-7,11,13-15,18H,3-5,8-10,12H2,1-2H3. The van der Waals surface area contributed by atoms with Crippen LogP contribution in [0.3, 0.4) is 0 Å². The average molecular weight is 273 g/mol. The molecule has 3 atom stereocenters. The minimum atomic E-state index is 0.916. The van der Waals surface area contributed by atoms with Crippen LogP contribution < -0.4 is 10.2 Å². The molecule has 1 N–H and O–H groups in total. The van der Waals surface area contributed by atoms with Gasteiger partial charge in [-0.1, -0.05) is 13.3 Å². The molecule has 3 heteroatoms. The van der Waals surface area contributed by atoms with Gasteiger partial charge in [0.25, 0.3) is 0 Å². The number of pyridine rings is 1. The van der Waals surface area contributed by atoms with Gasteiger partial charge in [-0.15, -0.1) is 0 Å². The smallest absolute Gasteiger partial charge is 0.0440 e. The number of nitrogens with zero attached hydrogens (tertiary/aromatic N) is 2. The molecule has 0 saturated heterocycles. The fourth-order valence-corrected chi connectivity index (χ4v) is 4.24. The molecule has 2 aliphatic rings. The minimum absolute atomic E-state index is 0.916. The van der Waals surface area contributed by atoms with Crippen LogP contribution >= 0.6 is 0 Å². The highest BCUT2D eigenvalue weighted by Crippen LogP contribution is 2.48. The molecule has 0 aliphatic heterocycles. The third-order valence-corrected chi connectivity index (χ3v) is 5.25. The molecule has 2 saturated carbocycles. The number of fused-ring (bicyclic) bond motifs is 2. The lowest BCUT2D eigenvalue weighted by atomic mass is 9.88. The number of aromatic nitrogens is 1. The Balaban J connectivity index is 1.65. The first kappa shape index (κ1) is 13.9. The number of anilines is 1. The summed E-state index contributed by atoms with van der Waals surface area (Å²) in [4.78, 5) is 6.74. The highest BCUT2D eigenvalue weighted by molar-refractivity contribution is 5.51. The van der Waals surface area contributed by atoms with E-state index in [0.717, 1.165) is 30.8 Å². The van der Waals surface area contributed by atoms with Crippen LogP contribution in [0.25, 0.3) is 0 Å². The van der Waals surface area contributed by atoms with Crippen LogP contribution in [0, 0.1) is 17.8 Å². The molecule has 3 unspecified atom stereocenters. The van der Waals surface area contributed by atoms with Crippen molar-refractivity contribution in [2.24, 2.45) is 17.8 Å². The third kappa shape index (κ3) is 2.83. The van der Waals surface area contributed by atoms with Crippen molar-refractivity contribution in [1.82, 2.24) is 10.3 Å². The van der Waals surface area contributed by atoms with Crippen LogP contribution in [0.5, 0.6) is 0 Å². The molecule has 2 fully saturated rings. The SMILES string of the molecule is CCNCc1cnccc1N(C)CC1CC2CCC1C2. The van der Waals surface area contributed by atoms with Gasteiger partial charge >= 0.3 is 0 Å². The zero-order valence-electron chi connectivity index (χ0n) is 12.8. The van der Waals surface area contributed by atoms with Crippen molar-refractivity contribution in [3.63, 3.8) is 0 Å². The van der Waals surface area contributed by atoms with E-state index in [0.29, 0.717) is 0 Å². The summed E-state index contributed by atoms with van der Waals surface area (Å²) < 4.78 is 0. The van der Waals surface area contributed by atoms with Gasteiger partial charge in [0.1, 0.15) is 0 Å². The summed E-state index contributed by atoms with van der Waals surface area (Å²) in [5.41, 5.74) is 2.67. The maximum absolute atomic E-state index is 4.28. The zero-order chi connectivity index (χ0) is 13.9. The number of nitrogens with one attached hydrogen (secondary N) is 1. The maximum atomic E-state index is 4.28. The van der Waals surface area contributed by atoms with Crippen LogP contribution in [0.1, 0.15) is 38.2 Å². The Morgan fingerprint density at radius 1 is 1.35 bits per heavy atom. The molecule has 1 aromatic heterocycles. The molecule has 0 spiro atoms. The van der Waals surface area contributed by atoms with Crippen LogP contribution in [0.2, 0.25) is 0 Å². The van der Waals surface area contributed by atoms with Gasteiger partial charge in [-0.3, -0.25) is 4.98 Å². The summed E-state index contributed by atoms with van der Waals surface area (Å²) in [5, 5.41) is 3.41. The first-order valence-electron chi connectivity index (χ1n) is 8.12. The quantitative estimate of drug-likeness (QED) is 0.863. The summed E-state index contributed by atoms with van der Waals surface area (Å²) in [7, 11) is 2.25. The lowest BCUT2D eigenvalue weighted by Crippen LogP contribution is -2.29. The first-order chi connectivity index (χ1) is 9.78. The van der Waals surface area contributed by atoms with Gasteiger partial charge in [-0.05, 0) is 49.6 Å². The molecular weight excluding hydrogens is 246 g/mol. The first-order valence-corrected chi connectivity index (χ1v) is 8.12. The largest absolute Gasteiger partial charge is 0.374 e. The Morgan fingerprint density at radius 3 is 2.95 bits per heavy atom. The van der Waals surface area contributed by atoms with E-state index in [1.807, 2.05) is 12.4 Å². The molecule has 0 radical (unpaired) electrons. The highest BCUT2D eigenvalue weighted by Gasteiger charge is 2.39. The number of hydrogen-bond acceptors (Lipinski definition) is 3. The van der Waals surface area contributed by atoms with Gasteiger partial charge in [-0.2, -0.15) is 0 Å². The van der Waals surface area contributed by atoms with Gasteiger partial charge in [-0.25, -0.2) is 0 Å². The van der Waals surface area contributed by atoms with E-state index in [1.54, 1.807) is 0 Å². The van der Waals surface area contributed by atoms with Crippen LogP contribution in [0.4, 0.5) is 5.69 Å². The Kier molecular flexibility index (Phi) is 4.25. The number of hydrogen-bond donors (Lipinski definition) is 1. The molecule has 1 aromatic rings. The number of rotatable bonds is 6. The lowest BCUT2D eigenvalue weighted by Gasteiger charge is -2.29. The second-order valence-electron chi connectivity index (χ2n) is 6.60. The lowest BCUT2D eigenvalue weighted by molar-refractivity contribution is 0.337. The Morgan fingerprint density at radius 2 is 2.25 bits per heavy atom. The molecular formula is C17H27N3. The summed E-state index contributed by atoms with van der Waals surface area (Å²) in [6.07, 6.45) is 9.86. The van der Waals surface area contributed by atoms with E-state index in [2.05, 4.69) is 35.2 Å². The highest BCUT2D eigenvalue weighted by atomic mass is 15.1. The second kappa shape index (κ2) is 6.13. The van der Waals surface area contributed by atoms with Crippen molar-refractivity contribution in [2.45, 2.75) is 39.2 Å². The van der Waals surface area contributed by atoms with Gasteiger partial charge in [0.2, 0.25) is 0 Å². The maximum Gasteiger partial charge on any atom is 0.0440 e. The van der Waals surface area contributed by atoms with Crippen molar-refractivity contribution in [3.8, 4) is 0 Å². The van der Waals surface area contributed by atoms with E-state index in [9.17, 15) is 0 Å². The normalized spacial score (nSPS) is 28.0. The molecule has 1 heterocycles. The monoisotopic (exact) mass is 273 g/mol. The summed E-state index contributed by atoms with van der Waals surface area (Å²) in [6.45, 7) is 5.28. The summed E-state index contributed by atoms with van der Waals surface area (Å²) in [5.74, 6) is 2.96. The third-order valence-electron chi connectivity index (χ3n) is 5.25.